The molecule has 0 atom stereocenters. The van der Waals surface area contributed by atoms with Crippen molar-refractivity contribution < 1.29 is 0 Å². The Balaban J connectivity index is 1.98. The molecule has 1 N–H and O–H groups in total. The standard InChI is InChI=1S/C12H9ClN4/c13-10-3-1-9(2-4-10)8-15-12-6-5-11(7-14)16-17-12/h1-6H,8H2,(H,15,17). The maximum atomic E-state index is 8.58. The summed E-state index contributed by atoms with van der Waals surface area (Å²) < 4.78 is 0. The van der Waals surface area contributed by atoms with Gasteiger partial charge in [0.15, 0.2) is 5.69 Å². The number of hydrogen-bond donors (Lipinski definition) is 1. The van der Waals surface area contributed by atoms with E-state index in [0.717, 1.165) is 5.56 Å². The van der Waals surface area contributed by atoms with Gasteiger partial charge < -0.3 is 5.32 Å². The summed E-state index contributed by atoms with van der Waals surface area (Å²) in [4.78, 5) is 0. The Morgan fingerprint density at radius 1 is 1.12 bits per heavy atom. The van der Waals surface area contributed by atoms with Crippen molar-refractivity contribution in [2.24, 2.45) is 0 Å². The number of benzene rings is 1. The van der Waals surface area contributed by atoms with Crippen LogP contribution in [0.15, 0.2) is 36.4 Å². The molecular formula is C12H9ClN4. The first-order valence-corrected chi connectivity index (χ1v) is 5.38. The molecule has 0 saturated carbocycles. The second-order valence-corrected chi connectivity index (χ2v) is 3.83. The molecule has 2 rings (SSSR count). The van der Waals surface area contributed by atoms with Gasteiger partial charge in [-0.3, -0.25) is 0 Å². The largest absolute Gasteiger partial charge is 0.365 e. The highest BCUT2D eigenvalue weighted by atomic mass is 35.5. The van der Waals surface area contributed by atoms with Crippen LogP contribution < -0.4 is 5.32 Å². The van der Waals surface area contributed by atoms with Gasteiger partial charge in [0.05, 0.1) is 0 Å². The quantitative estimate of drug-likeness (QED) is 0.902. The lowest BCUT2D eigenvalue weighted by Crippen LogP contribution is -2.02. The molecule has 2 aromatic rings. The van der Waals surface area contributed by atoms with E-state index in [2.05, 4.69) is 15.5 Å². The van der Waals surface area contributed by atoms with Crippen molar-refractivity contribution in [2.45, 2.75) is 6.54 Å². The van der Waals surface area contributed by atoms with Gasteiger partial charge in [0, 0.05) is 11.6 Å². The van der Waals surface area contributed by atoms with Gasteiger partial charge in [0.1, 0.15) is 11.9 Å². The van der Waals surface area contributed by atoms with E-state index in [9.17, 15) is 0 Å². The van der Waals surface area contributed by atoms with Crippen molar-refractivity contribution in [1.82, 2.24) is 10.2 Å². The lowest BCUT2D eigenvalue weighted by atomic mass is 10.2. The number of rotatable bonds is 3. The van der Waals surface area contributed by atoms with Crippen LogP contribution in [0.2, 0.25) is 5.02 Å². The second kappa shape index (κ2) is 5.28. The zero-order valence-corrected chi connectivity index (χ0v) is 9.65. The van der Waals surface area contributed by atoms with Gasteiger partial charge in [-0.2, -0.15) is 5.26 Å². The summed E-state index contributed by atoms with van der Waals surface area (Å²) in [5.74, 6) is 0.638. The Hall–Kier alpha value is -2.12. The number of hydrogen-bond acceptors (Lipinski definition) is 4. The molecule has 0 amide bonds. The highest BCUT2D eigenvalue weighted by Gasteiger charge is 1.97. The second-order valence-electron chi connectivity index (χ2n) is 3.40. The Kier molecular flexibility index (Phi) is 3.53. The van der Waals surface area contributed by atoms with Crippen molar-refractivity contribution in [3.63, 3.8) is 0 Å². The van der Waals surface area contributed by atoms with Crippen LogP contribution >= 0.6 is 11.6 Å². The molecule has 0 aliphatic heterocycles. The summed E-state index contributed by atoms with van der Waals surface area (Å²) in [6.45, 7) is 0.637. The topological polar surface area (TPSA) is 61.6 Å². The normalized spacial score (nSPS) is 9.65. The van der Waals surface area contributed by atoms with E-state index in [1.807, 2.05) is 30.3 Å². The average Bonchev–Trinajstić information content (AvgIpc) is 2.39. The van der Waals surface area contributed by atoms with E-state index in [0.29, 0.717) is 23.1 Å². The van der Waals surface area contributed by atoms with Crippen LogP contribution in [0.25, 0.3) is 0 Å². The van der Waals surface area contributed by atoms with Crippen molar-refractivity contribution in [1.29, 1.82) is 5.26 Å². The third-order valence-electron chi connectivity index (χ3n) is 2.17. The summed E-state index contributed by atoms with van der Waals surface area (Å²) in [7, 11) is 0. The number of anilines is 1. The van der Waals surface area contributed by atoms with Gasteiger partial charge in [-0.15, -0.1) is 10.2 Å². The van der Waals surface area contributed by atoms with Crippen LogP contribution in [-0.4, -0.2) is 10.2 Å². The lowest BCUT2D eigenvalue weighted by molar-refractivity contribution is 0.985. The predicted molar refractivity (Wildman–Crippen MR) is 65.5 cm³/mol. The average molecular weight is 245 g/mol. The predicted octanol–water partition coefficient (Wildman–Crippen LogP) is 2.61. The molecule has 84 valence electrons. The number of nitrogens with one attached hydrogen (secondary N) is 1. The van der Waals surface area contributed by atoms with E-state index < -0.39 is 0 Å². The third kappa shape index (κ3) is 3.16. The van der Waals surface area contributed by atoms with E-state index in [-0.39, 0.29) is 0 Å². The van der Waals surface area contributed by atoms with Crippen molar-refractivity contribution in [2.75, 3.05) is 5.32 Å². The molecule has 17 heavy (non-hydrogen) atoms. The monoisotopic (exact) mass is 244 g/mol. The van der Waals surface area contributed by atoms with Crippen LogP contribution in [0.3, 0.4) is 0 Å². The summed E-state index contributed by atoms with van der Waals surface area (Å²) in [5.41, 5.74) is 1.41. The molecule has 0 radical (unpaired) electrons. The van der Waals surface area contributed by atoms with Crippen molar-refractivity contribution in [3.8, 4) is 6.07 Å². The van der Waals surface area contributed by atoms with Gasteiger partial charge in [-0.1, -0.05) is 23.7 Å². The summed E-state index contributed by atoms with van der Waals surface area (Å²) in [6, 6.07) is 12.8. The molecule has 0 spiro atoms. The number of nitrogens with zero attached hydrogens (tertiary/aromatic N) is 3. The summed E-state index contributed by atoms with van der Waals surface area (Å²) in [5, 5.41) is 20.0. The summed E-state index contributed by atoms with van der Waals surface area (Å²) >= 11 is 5.79. The van der Waals surface area contributed by atoms with Gasteiger partial charge in [-0.25, -0.2) is 0 Å². The number of nitriles is 1. The highest BCUT2D eigenvalue weighted by Crippen LogP contribution is 2.11. The van der Waals surface area contributed by atoms with Crippen molar-refractivity contribution >= 4 is 17.4 Å². The van der Waals surface area contributed by atoms with Crippen LogP contribution in [0.1, 0.15) is 11.3 Å². The molecule has 1 heterocycles. The Morgan fingerprint density at radius 2 is 1.88 bits per heavy atom. The Morgan fingerprint density at radius 3 is 2.47 bits per heavy atom. The molecule has 1 aromatic heterocycles. The van der Waals surface area contributed by atoms with E-state index in [1.54, 1.807) is 12.1 Å². The molecule has 0 unspecified atom stereocenters. The molecule has 0 aliphatic carbocycles. The van der Waals surface area contributed by atoms with Gasteiger partial charge in [-0.05, 0) is 29.8 Å². The molecular weight excluding hydrogens is 236 g/mol. The minimum absolute atomic E-state index is 0.307. The van der Waals surface area contributed by atoms with Gasteiger partial charge >= 0.3 is 0 Å². The molecule has 0 saturated heterocycles. The van der Waals surface area contributed by atoms with Gasteiger partial charge in [0.25, 0.3) is 0 Å². The first-order valence-electron chi connectivity index (χ1n) is 5.00. The Bertz CT molecular complexity index is 528. The molecule has 4 nitrogen and oxygen atoms in total. The lowest BCUT2D eigenvalue weighted by Gasteiger charge is -2.04. The minimum Gasteiger partial charge on any atom is -0.365 e. The fraction of sp³-hybridized carbons (Fsp3) is 0.0833. The molecule has 0 aliphatic rings. The first kappa shape index (κ1) is 11.4. The maximum absolute atomic E-state index is 8.58. The van der Waals surface area contributed by atoms with Crippen molar-refractivity contribution in [3.05, 3.63) is 52.7 Å². The fourth-order valence-corrected chi connectivity index (χ4v) is 1.41. The fourth-order valence-electron chi connectivity index (χ4n) is 1.28. The van der Waals surface area contributed by atoms with E-state index in [1.165, 1.54) is 0 Å². The molecule has 1 aromatic carbocycles. The molecule has 0 fully saturated rings. The summed E-state index contributed by atoms with van der Waals surface area (Å²) in [6.07, 6.45) is 0. The third-order valence-corrected chi connectivity index (χ3v) is 2.42. The maximum Gasteiger partial charge on any atom is 0.163 e. The van der Waals surface area contributed by atoms with Gasteiger partial charge in [0.2, 0.25) is 0 Å². The van der Waals surface area contributed by atoms with Crippen LogP contribution in [-0.2, 0) is 6.54 Å². The van der Waals surface area contributed by atoms with E-state index >= 15 is 0 Å². The smallest absolute Gasteiger partial charge is 0.163 e. The minimum atomic E-state index is 0.307. The highest BCUT2D eigenvalue weighted by molar-refractivity contribution is 6.30. The SMILES string of the molecule is N#Cc1ccc(NCc2ccc(Cl)cc2)nn1. The van der Waals surface area contributed by atoms with Crippen LogP contribution in [0.5, 0.6) is 0 Å². The van der Waals surface area contributed by atoms with Crippen LogP contribution in [0.4, 0.5) is 5.82 Å². The Labute approximate surface area is 104 Å². The van der Waals surface area contributed by atoms with Crippen LogP contribution in [0, 0.1) is 11.3 Å². The number of halogens is 1. The zero-order valence-electron chi connectivity index (χ0n) is 8.89. The first-order chi connectivity index (χ1) is 8.28. The number of aromatic nitrogens is 2. The van der Waals surface area contributed by atoms with E-state index in [4.69, 9.17) is 16.9 Å². The molecule has 5 heteroatoms. The molecule has 0 bridgehead atoms. The zero-order chi connectivity index (χ0) is 12.1.